The summed E-state index contributed by atoms with van der Waals surface area (Å²) in [6, 6.07) is 28.6. The molecule has 39 heavy (non-hydrogen) atoms. The number of hydrogen-bond donors (Lipinski definition) is 0. The monoisotopic (exact) mass is 558 g/mol. The third kappa shape index (κ3) is 6.33. The Morgan fingerprint density at radius 2 is 1.69 bits per heavy atom. The van der Waals surface area contributed by atoms with Crippen LogP contribution in [0.5, 0.6) is 11.5 Å². The van der Waals surface area contributed by atoms with Crippen LogP contribution in [0.3, 0.4) is 0 Å². The number of anilines is 1. The zero-order chi connectivity index (χ0) is 27.2. The van der Waals surface area contributed by atoms with Crippen molar-refractivity contribution in [1.29, 1.82) is 0 Å². The van der Waals surface area contributed by atoms with E-state index in [1.165, 1.54) is 23.9 Å². The number of rotatable bonds is 8. The molecule has 0 saturated carbocycles. The van der Waals surface area contributed by atoms with Crippen LogP contribution in [-0.2, 0) is 11.4 Å². The SMILES string of the molecule is CCOc1cc(/C=C2/SC(=Nc3ccccc3)N(c3ccccc3)C2=O)cc(Cl)c1OCc1cccc(F)c1. The predicted octanol–water partition coefficient (Wildman–Crippen LogP) is 8.27. The van der Waals surface area contributed by atoms with Gasteiger partial charge in [0.05, 0.1) is 27.9 Å². The summed E-state index contributed by atoms with van der Waals surface area (Å²) in [6.45, 7) is 2.36. The second-order valence-electron chi connectivity index (χ2n) is 8.50. The Bertz CT molecular complexity index is 1540. The van der Waals surface area contributed by atoms with Crippen molar-refractivity contribution >= 4 is 51.9 Å². The van der Waals surface area contributed by atoms with Crippen molar-refractivity contribution in [2.75, 3.05) is 11.5 Å². The van der Waals surface area contributed by atoms with Gasteiger partial charge in [0.1, 0.15) is 12.4 Å². The number of para-hydroxylation sites is 2. The van der Waals surface area contributed by atoms with Crippen LogP contribution in [0.15, 0.2) is 107 Å². The topological polar surface area (TPSA) is 51.1 Å². The molecule has 1 saturated heterocycles. The third-order valence-electron chi connectivity index (χ3n) is 5.70. The third-order valence-corrected chi connectivity index (χ3v) is 6.95. The van der Waals surface area contributed by atoms with Crippen molar-refractivity contribution in [1.82, 2.24) is 0 Å². The zero-order valence-corrected chi connectivity index (χ0v) is 22.6. The van der Waals surface area contributed by atoms with Gasteiger partial charge in [0.25, 0.3) is 5.91 Å². The van der Waals surface area contributed by atoms with Crippen molar-refractivity contribution < 1.29 is 18.7 Å². The average Bonchev–Trinajstić information content (AvgIpc) is 3.23. The normalized spacial score (nSPS) is 15.3. The summed E-state index contributed by atoms with van der Waals surface area (Å²) in [5.74, 6) is 0.253. The molecule has 0 N–H and O–H groups in total. The maximum atomic E-state index is 13.6. The van der Waals surface area contributed by atoms with Crippen molar-refractivity contribution in [3.63, 3.8) is 0 Å². The standard InChI is InChI=1S/C31H24ClFN2O3S/c1-2-37-27-18-22(17-26(32)29(27)38-20-21-10-9-11-23(33)16-21)19-28-30(36)35(25-14-7-4-8-15-25)31(39-28)34-24-12-5-3-6-13-24/h3-19H,2,20H2,1H3/b28-19+,34-31?. The number of aliphatic imine (C=N–C) groups is 1. The van der Waals surface area contributed by atoms with Crippen molar-refractivity contribution in [2.45, 2.75) is 13.5 Å². The Balaban J connectivity index is 1.47. The zero-order valence-electron chi connectivity index (χ0n) is 21.0. The smallest absolute Gasteiger partial charge is 0.271 e. The summed E-state index contributed by atoms with van der Waals surface area (Å²) in [5, 5.41) is 0.868. The fourth-order valence-corrected chi connectivity index (χ4v) is 5.25. The van der Waals surface area contributed by atoms with Crippen LogP contribution in [0.25, 0.3) is 6.08 Å². The lowest BCUT2D eigenvalue weighted by Crippen LogP contribution is -2.28. The Hall–Kier alpha value is -4.07. The molecule has 0 aromatic heterocycles. The maximum Gasteiger partial charge on any atom is 0.271 e. The molecule has 5 rings (SSSR count). The Morgan fingerprint density at radius 3 is 2.41 bits per heavy atom. The number of amidine groups is 1. The number of amides is 1. The fourth-order valence-electron chi connectivity index (χ4n) is 3.97. The number of carbonyl (C=O) groups is 1. The molecule has 1 heterocycles. The second-order valence-corrected chi connectivity index (χ2v) is 9.91. The van der Waals surface area contributed by atoms with E-state index in [2.05, 4.69) is 0 Å². The highest BCUT2D eigenvalue weighted by Gasteiger charge is 2.34. The second kappa shape index (κ2) is 12.2. The maximum absolute atomic E-state index is 13.6. The minimum absolute atomic E-state index is 0.123. The lowest BCUT2D eigenvalue weighted by molar-refractivity contribution is -0.113. The highest BCUT2D eigenvalue weighted by molar-refractivity contribution is 8.19. The van der Waals surface area contributed by atoms with Gasteiger partial charge >= 0.3 is 0 Å². The number of carbonyl (C=O) groups excluding carboxylic acids is 1. The van der Waals surface area contributed by atoms with Crippen LogP contribution in [0.2, 0.25) is 5.02 Å². The van der Waals surface area contributed by atoms with Gasteiger partial charge in [-0.25, -0.2) is 9.38 Å². The number of benzene rings is 4. The Morgan fingerprint density at radius 1 is 0.949 bits per heavy atom. The highest BCUT2D eigenvalue weighted by Crippen LogP contribution is 2.41. The molecular weight excluding hydrogens is 535 g/mol. The van der Waals surface area contributed by atoms with Gasteiger partial charge in [-0.05, 0) is 84.4 Å². The first kappa shape index (κ1) is 26.5. The molecule has 0 atom stereocenters. The Labute approximate surface area is 235 Å². The molecule has 1 fully saturated rings. The van der Waals surface area contributed by atoms with E-state index in [1.54, 1.807) is 35.2 Å². The van der Waals surface area contributed by atoms with Gasteiger partial charge in [-0.3, -0.25) is 9.69 Å². The minimum atomic E-state index is -0.340. The molecule has 4 aromatic rings. The highest BCUT2D eigenvalue weighted by atomic mass is 35.5. The number of thioether (sulfide) groups is 1. The summed E-state index contributed by atoms with van der Waals surface area (Å²) in [4.78, 5) is 20.4. The molecule has 0 radical (unpaired) electrons. The van der Waals surface area contributed by atoms with E-state index in [0.717, 1.165) is 11.4 Å². The first-order chi connectivity index (χ1) is 19.0. The molecule has 0 aliphatic carbocycles. The average molecular weight is 559 g/mol. The molecule has 1 aliphatic heterocycles. The van der Waals surface area contributed by atoms with E-state index in [-0.39, 0.29) is 18.3 Å². The Kier molecular flexibility index (Phi) is 8.30. The molecule has 8 heteroatoms. The summed E-state index contributed by atoms with van der Waals surface area (Å²) < 4.78 is 25.3. The molecule has 5 nitrogen and oxygen atoms in total. The van der Waals surface area contributed by atoms with E-state index in [4.69, 9.17) is 26.1 Å². The van der Waals surface area contributed by atoms with E-state index >= 15 is 0 Å². The van der Waals surface area contributed by atoms with Crippen LogP contribution in [0, 0.1) is 5.82 Å². The molecule has 4 aromatic carbocycles. The van der Waals surface area contributed by atoms with Crippen molar-refractivity contribution in [3.05, 3.63) is 124 Å². The van der Waals surface area contributed by atoms with Gasteiger partial charge < -0.3 is 9.47 Å². The van der Waals surface area contributed by atoms with Gasteiger partial charge in [-0.15, -0.1) is 0 Å². The molecular formula is C31H24ClFN2O3S. The number of ether oxygens (including phenoxy) is 2. The van der Waals surface area contributed by atoms with Crippen LogP contribution in [0.1, 0.15) is 18.1 Å². The van der Waals surface area contributed by atoms with E-state index in [0.29, 0.717) is 44.3 Å². The first-order valence-electron chi connectivity index (χ1n) is 12.3. The van der Waals surface area contributed by atoms with E-state index in [1.807, 2.05) is 67.6 Å². The fraction of sp³-hybridized carbons (Fsp3) is 0.0968. The van der Waals surface area contributed by atoms with E-state index < -0.39 is 0 Å². The molecule has 1 amide bonds. The van der Waals surface area contributed by atoms with E-state index in [9.17, 15) is 9.18 Å². The van der Waals surface area contributed by atoms with Gasteiger partial charge in [0.15, 0.2) is 16.7 Å². The summed E-state index contributed by atoms with van der Waals surface area (Å²) in [7, 11) is 0. The minimum Gasteiger partial charge on any atom is -0.490 e. The predicted molar refractivity (Wildman–Crippen MR) is 156 cm³/mol. The largest absolute Gasteiger partial charge is 0.490 e. The van der Waals surface area contributed by atoms with Crippen LogP contribution in [0.4, 0.5) is 15.8 Å². The van der Waals surface area contributed by atoms with Gasteiger partial charge in [0.2, 0.25) is 0 Å². The number of hydrogen-bond acceptors (Lipinski definition) is 5. The van der Waals surface area contributed by atoms with Crippen molar-refractivity contribution in [3.8, 4) is 11.5 Å². The summed E-state index contributed by atoms with van der Waals surface area (Å²) in [6.07, 6.45) is 1.77. The van der Waals surface area contributed by atoms with Gasteiger partial charge in [-0.1, -0.05) is 60.1 Å². The van der Waals surface area contributed by atoms with Crippen molar-refractivity contribution in [2.24, 2.45) is 4.99 Å². The molecule has 0 unspecified atom stereocenters. The first-order valence-corrected chi connectivity index (χ1v) is 13.5. The lowest BCUT2D eigenvalue weighted by atomic mass is 10.1. The quantitative estimate of drug-likeness (QED) is 0.204. The molecule has 0 spiro atoms. The number of nitrogens with zero attached hydrogens (tertiary/aromatic N) is 2. The number of halogens is 2. The molecule has 196 valence electrons. The molecule has 0 bridgehead atoms. The van der Waals surface area contributed by atoms with Crippen LogP contribution in [-0.4, -0.2) is 17.7 Å². The van der Waals surface area contributed by atoms with Crippen LogP contribution < -0.4 is 14.4 Å². The van der Waals surface area contributed by atoms with Gasteiger partial charge in [0, 0.05) is 0 Å². The lowest BCUT2D eigenvalue weighted by Gasteiger charge is -2.15. The van der Waals surface area contributed by atoms with Crippen LogP contribution >= 0.6 is 23.4 Å². The molecule has 1 aliphatic rings. The summed E-state index contributed by atoms with van der Waals surface area (Å²) >= 11 is 7.90. The van der Waals surface area contributed by atoms with Gasteiger partial charge in [-0.2, -0.15) is 0 Å². The summed E-state index contributed by atoms with van der Waals surface area (Å²) in [5.41, 5.74) is 2.81.